The molecule has 1 amide bonds. The number of phenols is 1. The Labute approximate surface area is 158 Å². The highest BCUT2D eigenvalue weighted by Crippen LogP contribution is 2.39. The summed E-state index contributed by atoms with van der Waals surface area (Å²) in [6.45, 7) is 0. The Kier molecular flexibility index (Phi) is 4.15. The van der Waals surface area contributed by atoms with Crippen LogP contribution in [0.1, 0.15) is 11.1 Å². The van der Waals surface area contributed by atoms with Crippen molar-refractivity contribution in [3.05, 3.63) is 83.9 Å². The van der Waals surface area contributed by atoms with E-state index in [0.29, 0.717) is 16.9 Å². The lowest BCUT2D eigenvalue weighted by Crippen LogP contribution is -2.25. The normalized spacial score (nSPS) is 15.2. The molecule has 0 saturated carbocycles. The first kappa shape index (κ1) is 17.8. The van der Waals surface area contributed by atoms with Gasteiger partial charge in [0.05, 0.1) is 16.9 Å². The molecule has 0 fully saturated rings. The number of halogens is 3. The van der Waals surface area contributed by atoms with Gasteiger partial charge in [-0.25, -0.2) is 4.99 Å². The van der Waals surface area contributed by atoms with Crippen molar-refractivity contribution >= 4 is 28.7 Å². The molecular formula is C21H13F3N2O2. The average Bonchev–Trinajstić information content (AvgIpc) is 2.93. The zero-order valence-corrected chi connectivity index (χ0v) is 14.3. The Morgan fingerprint density at radius 2 is 1.64 bits per heavy atom. The number of fused-ring (bicyclic) bond motifs is 1. The second-order valence-corrected chi connectivity index (χ2v) is 6.19. The molecule has 0 bridgehead atoms. The maximum atomic E-state index is 13.1. The van der Waals surface area contributed by atoms with Crippen LogP contribution in [0.3, 0.4) is 0 Å². The Balaban J connectivity index is 1.86. The number of hydrogen-bond acceptors (Lipinski definition) is 3. The van der Waals surface area contributed by atoms with Crippen LogP contribution in [0, 0.1) is 0 Å². The summed E-state index contributed by atoms with van der Waals surface area (Å²) in [5.41, 5.74) is 0.562. The number of carbonyl (C=O) groups excluding carboxylic acids is 1. The molecule has 0 saturated heterocycles. The lowest BCUT2D eigenvalue weighted by Gasteiger charge is -2.16. The minimum absolute atomic E-state index is 0.00220. The topological polar surface area (TPSA) is 52.9 Å². The van der Waals surface area contributed by atoms with Crippen LogP contribution in [0.2, 0.25) is 0 Å². The quantitative estimate of drug-likeness (QED) is 0.662. The highest BCUT2D eigenvalue weighted by Gasteiger charge is 2.36. The van der Waals surface area contributed by atoms with Gasteiger partial charge in [0.15, 0.2) is 0 Å². The summed E-state index contributed by atoms with van der Waals surface area (Å²) in [5, 5.41) is 9.84. The Bertz CT molecular complexity index is 1090. The number of phenolic OH excluding ortho intramolecular Hbond substituents is 1. The van der Waals surface area contributed by atoms with Crippen molar-refractivity contribution in [2.45, 2.75) is 6.18 Å². The number of anilines is 2. The Morgan fingerprint density at radius 1 is 0.893 bits per heavy atom. The van der Waals surface area contributed by atoms with Crippen LogP contribution in [0.5, 0.6) is 5.75 Å². The van der Waals surface area contributed by atoms with E-state index in [1.54, 1.807) is 36.4 Å². The van der Waals surface area contributed by atoms with E-state index in [0.717, 1.165) is 12.1 Å². The Morgan fingerprint density at radius 3 is 2.36 bits per heavy atom. The van der Waals surface area contributed by atoms with E-state index in [-0.39, 0.29) is 17.1 Å². The zero-order valence-electron chi connectivity index (χ0n) is 14.3. The average molecular weight is 382 g/mol. The van der Waals surface area contributed by atoms with Gasteiger partial charge in [-0.15, -0.1) is 0 Å². The summed E-state index contributed by atoms with van der Waals surface area (Å²) in [4.78, 5) is 18.7. The molecule has 1 N–H and O–H groups in total. The molecule has 0 unspecified atom stereocenters. The lowest BCUT2D eigenvalue weighted by atomic mass is 10.1. The monoisotopic (exact) mass is 382 g/mol. The van der Waals surface area contributed by atoms with Crippen LogP contribution in [0.15, 0.2) is 77.8 Å². The highest BCUT2D eigenvalue weighted by atomic mass is 19.4. The second-order valence-electron chi connectivity index (χ2n) is 6.19. The van der Waals surface area contributed by atoms with Gasteiger partial charge in [0.2, 0.25) is 0 Å². The molecule has 1 aliphatic heterocycles. The molecule has 0 aromatic heterocycles. The molecule has 7 heteroatoms. The van der Waals surface area contributed by atoms with Crippen LogP contribution >= 0.6 is 0 Å². The van der Waals surface area contributed by atoms with E-state index in [4.69, 9.17) is 0 Å². The van der Waals surface area contributed by atoms with E-state index >= 15 is 0 Å². The molecule has 28 heavy (non-hydrogen) atoms. The molecule has 1 aliphatic rings. The molecule has 0 aliphatic carbocycles. The van der Waals surface area contributed by atoms with Gasteiger partial charge in [0.25, 0.3) is 5.91 Å². The van der Waals surface area contributed by atoms with Crippen molar-refractivity contribution in [3.63, 3.8) is 0 Å². The van der Waals surface area contributed by atoms with Gasteiger partial charge in [0.1, 0.15) is 11.5 Å². The van der Waals surface area contributed by atoms with Crippen LogP contribution < -0.4 is 4.90 Å². The molecular weight excluding hydrogens is 369 g/mol. The number of para-hydroxylation sites is 1. The number of amides is 1. The smallest absolute Gasteiger partial charge is 0.416 e. The van der Waals surface area contributed by atoms with E-state index in [1.807, 2.05) is 0 Å². The number of benzene rings is 3. The predicted octanol–water partition coefficient (Wildman–Crippen LogP) is 5.21. The first-order chi connectivity index (χ1) is 13.3. The van der Waals surface area contributed by atoms with Crippen LogP contribution in [0.25, 0.3) is 0 Å². The molecule has 1 heterocycles. The molecule has 0 atom stereocenters. The summed E-state index contributed by atoms with van der Waals surface area (Å²) in [7, 11) is 0. The largest absolute Gasteiger partial charge is 0.508 e. The number of aliphatic imine (C=N–C) groups is 1. The fourth-order valence-corrected chi connectivity index (χ4v) is 3.06. The number of rotatable bonds is 2. The Hall–Kier alpha value is -3.61. The highest BCUT2D eigenvalue weighted by molar-refractivity contribution is 6.56. The van der Waals surface area contributed by atoms with Crippen molar-refractivity contribution in [1.82, 2.24) is 0 Å². The van der Waals surface area contributed by atoms with Crippen molar-refractivity contribution in [3.8, 4) is 5.75 Å². The lowest BCUT2D eigenvalue weighted by molar-refractivity contribution is -0.137. The first-order valence-corrected chi connectivity index (χ1v) is 8.33. The molecule has 3 aromatic rings. The van der Waals surface area contributed by atoms with Gasteiger partial charge in [-0.1, -0.05) is 24.3 Å². The van der Waals surface area contributed by atoms with Crippen molar-refractivity contribution in [1.29, 1.82) is 0 Å². The van der Waals surface area contributed by atoms with Gasteiger partial charge in [-0.05, 0) is 48.5 Å². The molecule has 3 aromatic carbocycles. The van der Waals surface area contributed by atoms with Crippen molar-refractivity contribution in [2.24, 2.45) is 4.99 Å². The van der Waals surface area contributed by atoms with Crippen LogP contribution in [-0.2, 0) is 11.0 Å². The predicted molar refractivity (Wildman–Crippen MR) is 99.3 cm³/mol. The minimum atomic E-state index is -4.51. The number of nitrogens with zero attached hydrogens (tertiary/aromatic N) is 2. The van der Waals surface area contributed by atoms with Gasteiger partial charge in [0, 0.05) is 11.3 Å². The van der Waals surface area contributed by atoms with E-state index in [2.05, 4.69) is 4.99 Å². The third kappa shape index (κ3) is 3.11. The van der Waals surface area contributed by atoms with Crippen LogP contribution in [-0.4, -0.2) is 16.7 Å². The van der Waals surface area contributed by atoms with Crippen LogP contribution in [0.4, 0.5) is 30.2 Å². The summed E-state index contributed by atoms with van der Waals surface area (Å²) >= 11 is 0. The summed E-state index contributed by atoms with van der Waals surface area (Å²) in [5.74, 6) is -0.553. The first-order valence-electron chi connectivity index (χ1n) is 8.33. The minimum Gasteiger partial charge on any atom is -0.508 e. The maximum absolute atomic E-state index is 13.1. The number of alkyl halides is 3. The maximum Gasteiger partial charge on any atom is 0.416 e. The fourth-order valence-electron chi connectivity index (χ4n) is 3.06. The number of hydrogen-bond donors (Lipinski definition) is 1. The second kappa shape index (κ2) is 6.53. The third-order valence-electron chi connectivity index (χ3n) is 4.31. The van der Waals surface area contributed by atoms with Crippen molar-refractivity contribution < 1.29 is 23.1 Å². The fraction of sp³-hybridized carbons (Fsp3) is 0.0476. The van der Waals surface area contributed by atoms with E-state index in [1.165, 1.54) is 29.2 Å². The number of carbonyl (C=O) groups is 1. The standard InChI is InChI=1S/C21H13F3N2O2/c22-21(23,24)13-5-4-6-14(11-13)25-19-17-12-16(27)9-10-18(17)26(20(19)28)15-7-2-1-3-8-15/h1-12,27H/b25-19-. The molecule has 4 nitrogen and oxygen atoms in total. The molecule has 140 valence electrons. The van der Waals surface area contributed by atoms with Gasteiger partial charge < -0.3 is 5.11 Å². The van der Waals surface area contributed by atoms with E-state index in [9.17, 15) is 23.1 Å². The van der Waals surface area contributed by atoms with Gasteiger partial charge in [-0.3, -0.25) is 9.69 Å². The summed E-state index contributed by atoms with van der Waals surface area (Å²) < 4.78 is 38.9. The molecule has 0 spiro atoms. The summed E-state index contributed by atoms with van der Waals surface area (Å²) in [6, 6.07) is 17.7. The third-order valence-corrected chi connectivity index (χ3v) is 4.31. The number of aromatic hydroxyl groups is 1. The van der Waals surface area contributed by atoms with E-state index < -0.39 is 17.6 Å². The van der Waals surface area contributed by atoms with Gasteiger partial charge in [-0.2, -0.15) is 13.2 Å². The van der Waals surface area contributed by atoms with Gasteiger partial charge >= 0.3 is 6.18 Å². The molecule has 4 rings (SSSR count). The van der Waals surface area contributed by atoms with Crippen molar-refractivity contribution in [2.75, 3.05) is 4.90 Å². The zero-order chi connectivity index (χ0) is 19.9. The SMILES string of the molecule is O=C1/C(=N\c2cccc(C(F)(F)F)c2)c2cc(O)ccc2N1c1ccccc1. The summed E-state index contributed by atoms with van der Waals surface area (Å²) in [6.07, 6.45) is -4.51. The molecule has 0 radical (unpaired) electrons.